The molecule has 2 aromatic rings. The molecule has 1 aliphatic rings. The number of nitriles is 1. The Labute approximate surface area is 189 Å². The number of ether oxygens (including phenoxy) is 2. The molecule has 9 nitrogen and oxygen atoms in total. The predicted molar refractivity (Wildman–Crippen MR) is 115 cm³/mol. The van der Waals surface area contributed by atoms with Gasteiger partial charge < -0.3 is 29.9 Å². The molecule has 2 heterocycles. The molecule has 0 aliphatic carbocycles. The van der Waals surface area contributed by atoms with Crippen LogP contribution in [0.25, 0.3) is 11.1 Å². The second-order valence-corrected chi connectivity index (χ2v) is 8.43. The van der Waals surface area contributed by atoms with Crippen molar-refractivity contribution in [2.75, 3.05) is 13.7 Å². The number of ketones is 1. The number of nitrogens with zero attached hydrogens (tertiary/aromatic N) is 2. The number of Topliss-reactive ketones (excluding diaryl/α,β-unsaturated/α-hetero) is 1. The van der Waals surface area contributed by atoms with Crippen molar-refractivity contribution in [3.63, 3.8) is 0 Å². The van der Waals surface area contributed by atoms with Crippen LogP contribution in [0.2, 0.25) is 0 Å². The van der Waals surface area contributed by atoms with E-state index in [2.05, 4.69) is 11.1 Å². The van der Waals surface area contributed by atoms with Crippen molar-refractivity contribution in [2.45, 2.75) is 48.7 Å². The van der Waals surface area contributed by atoms with E-state index < -0.39 is 36.5 Å². The number of pyridine rings is 1. The quantitative estimate of drug-likeness (QED) is 0.460. The molecule has 0 amide bonds. The van der Waals surface area contributed by atoms with Gasteiger partial charge in [-0.05, 0) is 31.5 Å². The molecule has 170 valence electrons. The number of aromatic nitrogens is 1. The van der Waals surface area contributed by atoms with E-state index in [1.165, 1.54) is 14.0 Å². The first-order valence-electron chi connectivity index (χ1n) is 9.80. The Hall–Kier alpha value is -2.52. The molecule has 5 atom stereocenters. The monoisotopic (exact) mass is 460 g/mol. The number of aryl methyl sites for hydroxylation is 1. The molecule has 0 spiro atoms. The van der Waals surface area contributed by atoms with Crippen LogP contribution in [0.5, 0.6) is 5.75 Å². The van der Waals surface area contributed by atoms with E-state index in [0.29, 0.717) is 28.1 Å². The molecule has 1 aliphatic heterocycles. The molecular weight excluding hydrogens is 436 g/mol. The summed E-state index contributed by atoms with van der Waals surface area (Å²) in [7, 11) is 1.53. The summed E-state index contributed by atoms with van der Waals surface area (Å²) >= 11 is 0.876. The van der Waals surface area contributed by atoms with Crippen LogP contribution in [0.4, 0.5) is 0 Å². The summed E-state index contributed by atoms with van der Waals surface area (Å²) in [6, 6.07) is 8.97. The first-order chi connectivity index (χ1) is 15.2. The average molecular weight is 461 g/mol. The van der Waals surface area contributed by atoms with Crippen molar-refractivity contribution in [2.24, 2.45) is 0 Å². The van der Waals surface area contributed by atoms with E-state index in [9.17, 15) is 30.5 Å². The van der Waals surface area contributed by atoms with Crippen molar-refractivity contribution >= 4 is 17.5 Å². The number of rotatable bonds is 6. The van der Waals surface area contributed by atoms with Crippen LogP contribution in [0.1, 0.15) is 28.5 Å². The van der Waals surface area contributed by atoms with Crippen LogP contribution in [0, 0.1) is 18.3 Å². The summed E-state index contributed by atoms with van der Waals surface area (Å²) in [5.74, 6) is 0.347. The fourth-order valence-corrected chi connectivity index (χ4v) is 4.79. The van der Waals surface area contributed by atoms with E-state index in [0.717, 1.165) is 11.8 Å². The maximum Gasteiger partial charge on any atom is 0.162 e. The van der Waals surface area contributed by atoms with Crippen LogP contribution in [0.15, 0.2) is 29.3 Å². The van der Waals surface area contributed by atoms with E-state index in [4.69, 9.17) is 9.47 Å². The van der Waals surface area contributed by atoms with Gasteiger partial charge in [0.05, 0.1) is 25.0 Å². The molecular formula is C22H24N2O7S. The maximum absolute atomic E-state index is 12.4. The summed E-state index contributed by atoms with van der Waals surface area (Å²) in [4.78, 5) is 16.8. The number of carbonyl (C=O) groups is 1. The lowest BCUT2D eigenvalue weighted by Crippen LogP contribution is -2.57. The van der Waals surface area contributed by atoms with Gasteiger partial charge in [-0.2, -0.15) is 5.26 Å². The number of benzene rings is 1. The molecule has 1 aromatic carbocycles. The molecule has 10 heteroatoms. The molecule has 1 fully saturated rings. The SMILES string of the molecule is COc1ccc(-c2c(C#N)c(S[C@@H]3O[C@H](CO)[C@H](O)[C@H](O)[C@H]3O)nc(C)c2C(C)=O)cc1. The third-order valence-corrected chi connectivity index (χ3v) is 6.40. The van der Waals surface area contributed by atoms with Gasteiger partial charge in [-0.3, -0.25) is 4.79 Å². The topological polar surface area (TPSA) is 153 Å². The van der Waals surface area contributed by atoms with Gasteiger partial charge in [0, 0.05) is 11.1 Å². The van der Waals surface area contributed by atoms with Gasteiger partial charge in [0.15, 0.2) is 5.78 Å². The number of hydrogen-bond donors (Lipinski definition) is 4. The van der Waals surface area contributed by atoms with E-state index in [-0.39, 0.29) is 16.4 Å². The van der Waals surface area contributed by atoms with Crippen LogP contribution in [-0.2, 0) is 4.74 Å². The standard InChI is InChI=1S/C22H24N2O7S/c1-10-16(11(2)26)17(12-4-6-13(30-3)7-5-12)14(8-23)21(24-10)32-22-20(29)19(28)18(27)15(9-25)31-22/h4-7,15,18-20,22,25,27-29H,9H2,1-3H3/t15-,18+,19+,20-,22+/m1/s1. The van der Waals surface area contributed by atoms with Gasteiger partial charge in [-0.1, -0.05) is 23.9 Å². The number of carbonyl (C=O) groups excluding carboxylic acids is 1. The third kappa shape index (κ3) is 4.49. The van der Waals surface area contributed by atoms with Gasteiger partial charge in [0.2, 0.25) is 0 Å². The molecule has 3 rings (SSSR count). The molecule has 1 aromatic heterocycles. The molecule has 0 bridgehead atoms. The fourth-order valence-electron chi connectivity index (χ4n) is 3.62. The third-order valence-electron chi connectivity index (χ3n) is 5.26. The van der Waals surface area contributed by atoms with Gasteiger partial charge in [0.25, 0.3) is 0 Å². The Morgan fingerprint density at radius 1 is 1.22 bits per heavy atom. The molecule has 0 unspecified atom stereocenters. The van der Waals surface area contributed by atoms with Gasteiger partial charge in [-0.15, -0.1) is 0 Å². The van der Waals surface area contributed by atoms with Crippen molar-refractivity contribution < 1.29 is 34.7 Å². The zero-order chi connectivity index (χ0) is 23.6. The molecule has 0 radical (unpaired) electrons. The summed E-state index contributed by atoms with van der Waals surface area (Å²) in [5.41, 5.74) is 0.666. The van der Waals surface area contributed by atoms with E-state index in [1.807, 2.05) is 0 Å². The summed E-state index contributed by atoms with van der Waals surface area (Å²) in [6.45, 7) is 2.46. The van der Waals surface area contributed by atoms with Crippen LogP contribution in [-0.4, -0.2) is 74.8 Å². The van der Waals surface area contributed by atoms with Gasteiger partial charge in [-0.25, -0.2) is 4.98 Å². The lowest BCUT2D eigenvalue weighted by atomic mass is 9.93. The summed E-state index contributed by atoms with van der Waals surface area (Å²) in [5, 5.41) is 50.0. The Morgan fingerprint density at radius 3 is 2.41 bits per heavy atom. The molecule has 32 heavy (non-hydrogen) atoms. The Morgan fingerprint density at radius 2 is 1.88 bits per heavy atom. The average Bonchev–Trinajstić information content (AvgIpc) is 2.78. The molecule has 4 N–H and O–H groups in total. The fraction of sp³-hybridized carbons (Fsp3) is 0.409. The minimum absolute atomic E-state index is 0.105. The predicted octanol–water partition coefficient (Wildman–Crippen LogP) is 1.03. The van der Waals surface area contributed by atoms with E-state index in [1.54, 1.807) is 31.2 Å². The number of hydrogen-bond acceptors (Lipinski definition) is 10. The second-order valence-electron chi connectivity index (χ2n) is 7.34. The minimum atomic E-state index is -1.55. The Balaban J connectivity index is 2.12. The zero-order valence-corrected chi connectivity index (χ0v) is 18.5. The summed E-state index contributed by atoms with van der Waals surface area (Å²) < 4.78 is 10.7. The Kier molecular flexibility index (Phi) is 7.51. The van der Waals surface area contributed by atoms with Crippen molar-refractivity contribution in [1.29, 1.82) is 5.26 Å². The highest BCUT2D eigenvalue weighted by Crippen LogP contribution is 2.39. The molecule has 0 saturated carbocycles. The highest BCUT2D eigenvalue weighted by atomic mass is 32.2. The number of aliphatic hydroxyl groups excluding tert-OH is 4. The van der Waals surface area contributed by atoms with Crippen molar-refractivity contribution in [3.05, 3.63) is 41.1 Å². The number of methoxy groups -OCH3 is 1. The van der Waals surface area contributed by atoms with Gasteiger partial charge >= 0.3 is 0 Å². The maximum atomic E-state index is 12.4. The van der Waals surface area contributed by atoms with Crippen molar-refractivity contribution in [1.82, 2.24) is 4.98 Å². The largest absolute Gasteiger partial charge is 0.497 e. The summed E-state index contributed by atoms with van der Waals surface area (Å²) in [6.07, 6.45) is -5.63. The highest BCUT2D eigenvalue weighted by Gasteiger charge is 2.44. The molecule has 1 saturated heterocycles. The smallest absolute Gasteiger partial charge is 0.162 e. The number of thioether (sulfide) groups is 1. The Bertz CT molecular complexity index is 1040. The lowest BCUT2D eigenvalue weighted by Gasteiger charge is -2.39. The first kappa shape index (κ1) is 24.1. The van der Waals surface area contributed by atoms with Crippen LogP contribution >= 0.6 is 11.8 Å². The normalized spacial score (nSPS) is 25.2. The first-order valence-corrected chi connectivity index (χ1v) is 10.7. The van der Waals surface area contributed by atoms with Gasteiger partial charge in [0.1, 0.15) is 46.7 Å². The highest BCUT2D eigenvalue weighted by molar-refractivity contribution is 7.99. The van der Waals surface area contributed by atoms with E-state index >= 15 is 0 Å². The zero-order valence-electron chi connectivity index (χ0n) is 17.7. The second kappa shape index (κ2) is 9.95. The van der Waals surface area contributed by atoms with Crippen molar-refractivity contribution in [3.8, 4) is 22.9 Å². The number of aliphatic hydroxyl groups is 4. The van der Waals surface area contributed by atoms with Crippen LogP contribution in [0.3, 0.4) is 0 Å². The van der Waals surface area contributed by atoms with Crippen LogP contribution < -0.4 is 4.74 Å². The minimum Gasteiger partial charge on any atom is -0.497 e. The lowest BCUT2D eigenvalue weighted by molar-refractivity contribution is -0.205.